The van der Waals surface area contributed by atoms with Crippen LogP contribution in [0, 0.1) is 5.92 Å². The third-order valence-corrected chi connectivity index (χ3v) is 3.39. The summed E-state index contributed by atoms with van der Waals surface area (Å²) < 4.78 is 5.11. The minimum Gasteiger partial charge on any atom is -0.481 e. The predicted molar refractivity (Wildman–Crippen MR) is 74.0 cm³/mol. The second-order valence-electron chi connectivity index (χ2n) is 4.90. The highest BCUT2D eigenvalue weighted by molar-refractivity contribution is 5.68. The van der Waals surface area contributed by atoms with Crippen molar-refractivity contribution in [1.82, 2.24) is 15.3 Å². The number of nitrogens with one attached hydrogen (secondary N) is 1. The summed E-state index contributed by atoms with van der Waals surface area (Å²) in [6, 6.07) is 1.83. The van der Waals surface area contributed by atoms with Crippen molar-refractivity contribution in [3.8, 4) is 5.88 Å². The fourth-order valence-electron chi connectivity index (χ4n) is 2.44. The van der Waals surface area contributed by atoms with E-state index in [2.05, 4.69) is 20.2 Å². The van der Waals surface area contributed by atoms with Gasteiger partial charge >= 0.3 is 5.97 Å². The van der Waals surface area contributed by atoms with Crippen molar-refractivity contribution in [3.05, 3.63) is 12.4 Å². The maximum Gasteiger partial charge on any atom is 0.317 e. The average Bonchev–Trinajstić information content (AvgIpc) is 2.47. The van der Waals surface area contributed by atoms with Gasteiger partial charge in [0, 0.05) is 25.7 Å². The summed E-state index contributed by atoms with van der Waals surface area (Å²) >= 11 is 0. The van der Waals surface area contributed by atoms with E-state index in [1.807, 2.05) is 6.07 Å². The van der Waals surface area contributed by atoms with Gasteiger partial charge in [0.1, 0.15) is 12.1 Å². The van der Waals surface area contributed by atoms with E-state index in [0.29, 0.717) is 18.3 Å². The van der Waals surface area contributed by atoms with Crippen LogP contribution in [0.2, 0.25) is 0 Å². The van der Waals surface area contributed by atoms with Crippen LogP contribution in [-0.2, 0) is 4.79 Å². The number of hydrogen-bond acceptors (Lipinski definition) is 6. The molecular weight excluding hydrogens is 260 g/mol. The van der Waals surface area contributed by atoms with E-state index in [0.717, 1.165) is 31.7 Å². The lowest BCUT2D eigenvalue weighted by Gasteiger charge is -2.33. The second kappa shape index (κ2) is 7.04. The molecule has 7 heteroatoms. The van der Waals surface area contributed by atoms with Crippen molar-refractivity contribution in [2.24, 2.45) is 5.92 Å². The minimum absolute atomic E-state index is 0.0117. The number of aliphatic carboxylic acids is 1. The van der Waals surface area contributed by atoms with Crippen LogP contribution in [-0.4, -0.2) is 54.3 Å². The number of hydrogen-bond donors (Lipinski definition) is 2. The van der Waals surface area contributed by atoms with Gasteiger partial charge < -0.3 is 20.1 Å². The molecular formula is C13H20N4O3. The van der Waals surface area contributed by atoms with Crippen molar-refractivity contribution >= 4 is 11.8 Å². The van der Waals surface area contributed by atoms with Crippen LogP contribution in [0.4, 0.5) is 5.82 Å². The predicted octanol–water partition coefficient (Wildman–Crippen LogP) is 0.376. The molecule has 20 heavy (non-hydrogen) atoms. The summed E-state index contributed by atoms with van der Waals surface area (Å²) in [6.07, 6.45) is 3.68. The van der Waals surface area contributed by atoms with Crippen molar-refractivity contribution in [2.75, 3.05) is 38.2 Å². The molecule has 1 aromatic rings. The van der Waals surface area contributed by atoms with E-state index in [4.69, 9.17) is 9.84 Å². The van der Waals surface area contributed by atoms with E-state index in [1.165, 1.54) is 6.33 Å². The van der Waals surface area contributed by atoms with Gasteiger partial charge in [-0.15, -0.1) is 0 Å². The fourth-order valence-corrected chi connectivity index (χ4v) is 2.44. The van der Waals surface area contributed by atoms with E-state index in [1.54, 1.807) is 7.11 Å². The summed E-state index contributed by atoms with van der Waals surface area (Å²) in [7, 11) is 1.58. The fraction of sp³-hybridized carbons (Fsp3) is 0.615. The van der Waals surface area contributed by atoms with E-state index >= 15 is 0 Å². The Labute approximate surface area is 118 Å². The molecule has 1 atom stereocenters. The molecule has 0 amide bonds. The Bertz CT molecular complexity index is 455. The number of carboxylic acid groups (broad SMARTS) is 1. The first kappa shape index (κ1) is 14.5. The van der Waals surface area contributed by atoms with Crippen LogP contribution in [0.5, 0.6) is 5.88 Å². The Morgan fingerprint density at radius 3 is 3.20 bits per heavy atom. The molecule has 1 aromatic heterocycles. The summed E-state index contributed by atoms with van der Waals surface area (Å²) in [4.78, 5) is 21.0. The molecule has 0 aromatic carbocycles. The standard InChI is InChI=1S/C13H20N4O3/c1-20-12-5-11(15-9-16-12)17-4-2-3-10(8-17)6-14-7-13(18)19/h5,9-10,14H,2-4,6-8H2,1H3,(H,18,19). The van der Waals surface area contributed by atoms with Gasteiger partial charge in [-0.3, -0.25) is 4.79 Å². The third-order valence-electron chi connectivity index (χ3n) is 3.39. The Morgan fingerprint density at radius 1 is 1.60 bits per heavy atom. The number of carboxylic acids is 1. The number of carbonyl (C=O) groups is 1. The largest absolute Gasteiger partial charge is 0.481 e. The number of aromatic nitrogens is 2. The molecule has 0 radical (unpaired) electrons. The van der Waals surface area contributed by atoms with Crippen LogP contribution < -0.4 is 15.0 Å². The minimum atomic E-state index is -0.821. The number of piperidine rings is 1. The van der Waals surface area contributed by atoms with Crippen LogP contribution in [0.15, 0.2) is 12.4 Å². The second-order valence-corrected chi connectivity index (χ2v) is 4.90. The van der Waals surface area contributed by atoms with Gasteiger partial charge in [0.15, 0.2) is 0 Å². The highest BCUT2D eigenvalue weighted by Gasteiger charge is 2.21. The highest BCUT2D eigenvalue weighted by Crippen LogP contribution is 2.22. The van der Waals surface area contributed by atoms with Crippen LogP contribution in [0.25, 0.3) is 0 Å². The van der Waals surface area contributed by atoms with Gasteiger partial charge in [0.2, 0.25) is 5.88 Å². The quantitative estimate of drug-likeness (QED) is 0.778. The van der Waals surface area contributed by atoms with Crippen molar-refractivity contribution in [1.29, 1.82) is 0 Å². The normalized spacial score (nSPS) is 18.9. The highest BCUT2D eigenvalue weighted by atomic mass is 16.5. The average molecular weight is 280 g/mol. The number of methoxy groups -OCH3 is 1. The molecule has 0 bridgehead atoms. The summed E-state index contributed by atoms with van der Waals surface area (Å²) in [5.41, 5.74) is 0. The van der Waals surface area contributed by atoms with Crippen molar-refractivity contribution in [2.45, 2.75) is 12.8 Å². The first-order valence-corrected chi connectivity index (χ1v) is 6.72. The number of nitrogens with zero attached hydrogens (tertiary/aromatic N) is 3. The number of rotatable bonds is 6. The zero-order valence-corrected chi connectivity index (χ0v) is 11.6. The van der Waals surface area contributed by atoms with E-state index < -0.39 is 5.97 Å². The monoisotopic (exact) mass is 280 g/mol. The first-order valence-electron chi connectivity index (χ1n) is 6.72. The maximum atomic E-state index is 10.5. The van der Waals surface area contributed by atoms with E-state index in [-0.39, 0.29) is 6.54 Å². The maximum absolute atomic E-state index is 10.5. The topological polar surface area (TPSA) is 87.6 Å². The number of anilines is 1. The van der Waals surface area contributed by atoms with Gasteiger partial charge in [-0.1, -0.05) is 0 Å². The van der Waals surface area contributed by atoms with Crippen LogP contribution >= 0.6 is 0 Å². The summed E-state index contributed by atoms with van der Waals surface area (Å²) in [6.45, 7) is 2.55. The molecule has 1 aliphatic heterocycles. The van der Waals surface area contributed by atoms with Gasteiger partial charge in [-0.2, -0.15) is 0 Å². The Kier molecular flexibility index (Phi) is 5.11. The zero-order chi connectivity index (χ0) is 14.4. The Balaban J connectivity index is 1.90. The summed E-state index contributed by atoms with van der Waals surface area (Å²) in [5, 5.41) is 11.6. The molecule has 0 aliphatic carbocycles. The molecule has 2 heterocycles. The molecule has 7 nitrogen and oxygen atoms in total. The molecule has 110 valence electrons. The molecule has 0 saturated carbocycles. The van der Waals surface area contributed by atoms with Gasteiger partial charge in [-0.05, 0) is 18.8 Å². The molecule has 1 aliphatic rings. The zero-order valence-electron chi connectivity index (χ0n) is 11.6. The molecule has 1 fully saturated rings. The third kappa shape index (κ3) is 4.06. The van der Waals surface area contributed by atoms with Crippen LogP contribution in [0.3, 0.4) is 0 Å². The smallest absolute Gasteiger partial charge is 0.317 e. The number of ether oxygens (including phenoxy) is 1. The molecule has 1 unspecified atom stereocenters. The summed E-state index contributed by atoms with van der Waals surface area (Å²) in [5.74, 6) is 1.03. The Morgan fingerprint density at radius 2 is 2.45 bits per heavy atom. The van der Waals surface area contributed by atoms with Crippen molar-refractivity contribution in [3.63, 3.8) is 0 Å². The molecule has 2 N–H and O–H groups in total. The lowest BCUT2D eigenvalue weighted by Crippen LogP contribution is -2.41. The molecule has 2 rings (SSSR count). The lowest BCUT2D eigenvalue weighted by atomic mass is 9.98. The van der Waals surface area contributed by atoms with E-state index in [9.17, 15) is 4.79 Å². The SMILES string of the molecule is COc1cc(N2CCCC(CNCC(=O)O)C2)ncn1. The van der Waals surface area contributed by atoms with Gasteiger partial charge in [0.05, 0.1) is 13.7 Å². The first-order chi connectivity index (χ1) is 9.69. The Hall–Kier alpha value is -1.89. The van der Waals surface area contributed by atoms with Crippen molar-refractivity contribution < 1.29 is 14.6 Å². The molecule has 0 spiro atoms. The van der Waals surface area contributed by atoms with Gasteiger partial charge in [0.25, 0.3) is 0 Å². The lowest BCUT2D eigenvalue weighted by molar-refractivity contribution is -0.136. The van der Waals surface area contributed by atoms with Gasteiger partial charge in [-0.25, -0.2) is 9.97 Å². The molecule has 1 saturated heterocycles. The van der Waals surface area contributed by atoms with Crippen LogP contribution in [0.1, 0.15) is 12.8 Å².